The maximum atomic E-state index is 12.9. The van der Waals surface area contributed by atoms with Crippen LogP contribution in [0.2, 0.25) is 0 Å². The number of aryl methyl sites for hydroxylation is 1. The molecule has 0 amide bonds. The number of fused-ring (bicyclic) bond motifs is 1. The molecule has 33 heavy (non-hydrogen) atoms. The summed E-state index contributed by atoms with van der Waals surface area (Å²) in [5.41, 5.74) is 6.24. The van der Waals surface area contributed by atoms with Crippen molar-refractivity contribution in [3.63, 3.8) is 0 Å². The lowest BCUT2D eigenvalue weighted by atomic mass is 10.1. The van der Waals surface area contributed by atoms with Crippen LogP contribution in [0.5, 0.6) is 5.75 Å². The van der Waals surface area contributed by atoms with E-state index in [0.717, 1.165) is 54.3 Å². The molecule has 0 saturated carbocycles. The van der Waals surface area contributed by atoms with Crippen LogP contribution in [0.3, 0.4) is 0 Å². The van der Waals surface area contributed by atoms with Gasteiger partial charge in [0, 0.05) is 30.9 Å². The summed E-state index contributed by atoms with van der Waals surface area (Å²) in [5, 5.41) is 0. The third-order valence-corrected chi connectivity index (χ3v) is 6.25. The summed E-state index contributed by atoms with van der Waals surface area (Å²) in [5.74, 6) is 0.573. The first-order valence-electron chi connectivity index (χ1n) is 11.6. The molecule has 0 bridgehead atoms. The molecule has 168 valence electrons. The molecule has 0 atom stereocenters. The molecular weight excluding hydrogens is 410 g/mol. The van der Waals surface area contributed by atoms with Gasteiger partial charge in [-0.2, -0.15) is 0 Å². The van der Waals surface area contributed by atoms with Gasteiger partial charge in [-0.05, 0) is 68.3 Å². The molecule has 0 spiro atoms. The van der Waals surface area contributed by atoms with E-state index >= 15 is 0 Å². The van der Waals surface area contributed by atoms with E-state index < -0.39 is 0 Å². The van der Waals surface area contributed by atoms with Gasteiger partial charge in [0.15, 0.2) is 0 Å². The van der Waals surface area contributed by atoms with Crippen LogP contribution >= 0.6 is 0 Å². The van der Waals surface area contributed by atoms with E-state index in [1.807, 2.05) is 30.4 Å². The highest BCUT2D eigenvalue weighted by Gasteiger charge is 2.14. The van der Waals surface area contributed by atoms with Crippen molar-refractivity contribution in [3.8, 4) is 5.75 Å². The maximum Gasteiger partial charge on any atom is 0.258 e. The van der Waals surface area contributed by atoms with E-state index in [1.165, 1.54) is 18.4 Å². The number of nitrogens with zero attached hydrogens (tertiary/aromatic N) is 3. The first kappa shape index (κ1) is 21.4. The fraction of sp³-hybridized carbons (Fsp3) is 0.286. The molecule has 1 aromatic carbocycles. The smallest absolute Gasteiger partial charge is 0.258 e. The Bertz CT molecular complexity index is 1250. The fourth-order valence-electron chi connectivity index (χ4n) is 4.37. The van der Waals surface area contributed by atoms with Gasteiger partial charge in [0.05, 0.1) is 11.4 Å². The summed E-state index contributed by atoms with van der Waals surface area (Å²) in [6, 6.07) is 15.8. The number of likely N-dealkylation sites (tertiary alicyclic amines) is 1. The molecule has 5 nitrogen and oxygen atoms in total. The third-order valence-electron chi connectivity index (χ3n) is 6.25. The van der Waals surface area contributed by atoms with Crippen molar-refractivity contribution < 1.29 is 4.74 Å². The second kappa shape index (κ2) is 9.59. The maximum absolute atomic E-state index is 12.9. The van der Waals surface area contributed by atoms with Gasteiger partial charge >= 0.3 is 0 Å². The summed E-state index contributed by atoms with van der Waals surface area (Å²) in [6.07, 6.45) is 11.2. The molecule has 1 saturated heterocycles. The molecule has 2 aliphatic rings. The molecular formula is C28H29N3O2. The van der Waals surface area contributed by atoms with Crippen molar-refractivity contribution in [2.75, 3.05) is 13.1 Å². The van der Waals surface area contributed by atoms with E-state index in [4.69, 9.17) is 9.72 Å². The van der Waals surface area contributed by atoms with Crippen LogP contribution in [0, 0.1) is 6.92 Å². The Morgan fingerprint density at radius 3 is 2.64 bits per heavy atom. The lowest BCUT2D eigenvalue weighted by Crippen LogP contribution is -2.19. The normalized spacial score (nSPS) is 15.7. The lowest BCUT2D eigenvalue weighted by molar-refractivity contribution is 0.305. The first-order chi connectivity index (χ1) is 16.1. The van der Waals surface area contributed by atoms with Gasteiger partial charge in [-0.25, -0.2) is 0 Å². The lowest BCUT2D eigenvalue weighted by Gasteiger charge is -2.15. The zero-order valence-corrected chi connectivity index (χ0v) is 19.0. The Morgan fingerprint density at radius 1 is 1.03 bits per heavy atom. The van der Waals surface area contributed by atoms with Gasteiger partial charge in [0.1, 0.15) is 12.4 Å². The Kier molecular flexibility index (Phi) is 6.22. The van der Waals surface area contributed by atoms with Crippen molar-refractivity contribution in [2.45, 2.75) is 39.3 Å². The molecule has 2 aromatic heterocycles. The minimum atomic E-state index is -0.116. The van der Waals surface area contributed by atoms with Crippen molar-refractivity contribution >= 4 is 11.8 Å². The van der Waals surface area contributed by atoms with Gasteiger partial charge in [0.25, 0.3) is 5.56 Å². The summed E-state index contributed by atoms with van der Waals surface area (Å²) < 4.78 is 7.49. The Hall–Kier alpha value is -3.44. The predicted molar refractivity (Wildman–Crippen MR) is 132 cm³/mol. The monoisotopic (exact) mass is 439 g/mol. The number of benzene rings is 1. The molecule has 3 heterocycles. The van der Waals surface area contributed by atoms with E-state index in [0.29, 0.717) is 12.4 Å². The quantitative estimate of drug-likeness (QED) is 0.552. The Balaban J connectivity index is 1.32. The number of allylic oxidation sites excluding steroid dienone is 3. The van der Waals surface area contributed by atoms with Crippen LogP contribution in [-0.4, -0.2) is 27.5 Å². The second-order valence-electron chi connectivity index (χ2n) is 8.84. The number of ether oxygens (including phenoxy) is 1. The molecule has 0 unspecified atom stereocenters. The molecule has 0 radical (unpaired) electrons. The number of hydrogen-bond acceptors (Lipinski definition) is 4. The molecule has 5 rings (SSSR count). The molecule has 1 aliphatic heterocycles. The number of aromatic nitrogens is 2. The zero-order valence-electron chi connectivity index (χ0n) is 19.0. The summed E-state index contributed by atoms with van der Waals surface area (Å²) in [6.45, 7) is 5.73. The number of rotatable bonds is 6. The summed E-state index contributed by atoms with van der Waals surface area (Å²) in [4.78, 5) is 20.2. The van der Waals surface area contributed by atoms with Gasteiger partial charge in [-0.3, -0.25) is 19.2 Å². The van der Waals surface area contributed by atoms with E-state index in [1.54, 1.807) is 16.8 Å². The SMILES string of the molecule is Cc1ccc(COc2ccn(C3=Cc4ccc(CN5CCCC5)nc4CC=C3)c(=O)c2)cc1. The molecule has 1 fully saturated rings. The Morgan fingerprint density at radius 2 is 1.85 bits per heavy atom. The molecule has 1 aliphatic carbocycles. The van der Waals surface area contributed by atoms with Crippen molar-refractivity contribution in [3.05, 3.63) is 105 Å². The van der Waals surface area contributed by atoms with Crippen LogP contribution < -0.4 is 10.3 Å². The fourth-order valence-corrected chi connectivity index (χ4v) is 4.37. The standard InChI is InChI=1S/C28H29N3O2/c1-21-7-9-22(10-8-21)20-33-26-13-16-31(28(32)18-26)25-5-4-6-27-23(17-25)11-12-24(29-27)19-30-14-2-3-15-30/h4-5,7-13,16-18H,2-3,6,14-15,19-20H2,1H3. The van der Waals surface area contributed by atoms with Crippen LogP contribution in [0.25, 0.3) is 11.8 Å². The second-order valence-corrected chi connectivity index (χ2v) is 8.84. The average Bonchev–Trinajstić information content (AvgIpc) is 3.23. The van der Waals surface area contributed by atoms with Crippen LogP contribution in [0.1, 0.15) is 40.9 Å². The van der Waals surface area contributed by atoms with Gasteiger partial charge < -0.3 is 4.74 Å². The highest BCUT2D eigenvalue weighted by atomic mass is 16.5. The van der Waals surface area contributed by atoms with Gasteiger partial charge in [0.2, 0.25) is 0 Å². The first-order valence-corrected chi connectivity index (χ1v) is 11.6. The number of pyridine rings is 2. The number of hydrogen-bond donors (Lipinski definition) is 0. The van der Waals surface area contributed by atoms with Crippen molar-refractivity contribution in [1.29, 1.82) is 0 Å². The largest absolute Gasteiger partial charge is 0.489 e. The molecule has 0 N–H and O–H groups in total. The summed E-state index contributed by atoms with van der Waals surface area (Å²) >= 11 is 0. The van der Waals surface area contributed by atoms with Crippen LogP contribution in [-0.2, 0) is 19.6 Å². The highest BCUT2D eigenvalue weighted by Crippen LogP contribution is 2.22. The van der Waals surface area contributed by atoms with E-state index in [9.17, 15) is 4.79 Å². The topological polar surface area (TPSA) is 47.4 Å². The minimum Gasteiger partial charge on any atom is -0.489 e. The van der Waals surface area contributed by atoms with Crippen LogP contribution in [0.4, 0.5) is 0 Å². The minimum absolute atomic E-state index is 0.116. The van der Waals surface area contributed by atoms with Gasteiger partial charge in [-0.1, -0.05) is 42.0 Å². The molecule has 5 heteroatoms. The Labute approximate surface area is 194 Å². The van der Waals surface area contributed by atoms with Crippen LogP contribution in [0.15, 0.2) is 71.7 Å². The highest BCUT2D eigenvalue weighted by molar-refractivity contribution is 5.79. The summed E-state index contributed by atoms with van der Waals surface area (Å²) in [7, 11) is 0. The van der Waals surface area contributed by atoms with Crippen molar-refractivity contribution in [1.82, 2.24) is 14.5 Å². The predicted octanol–water partition coefficient (Wildman–Crippen LogP) is 4.84. The van der Waals surface area contributed by atoms with E-state index in [-0.39, 0.29) is 5.56 Å². The molecule has 3 aromatic rings. The van der Waals surface area contributed by atoms with Gasteiger partial charge in [-0.15, -0.1) is 0 Å². The van der Waals surface area contributed by atoms with Crippen molar-refractivity contribution in [2.24, 2.45) is 0 Å². The third kappa shape index (κ3) is 5.15. The zero-order chi connectivity index (χ0) is 22.6. The average molecular weight is 440 g/mol. The van der Waals surface area contributed by atoms with E-state index in [2.05, 4.69) is 42.2 Å².